The predicted octanol–water partition coefficient (Wildman–Crippen LogP) is 4.47. The number of rotatable bonds is 12. The fraction of sp³-hybridized carbons (Fsp3) is 0.400. The molecule has 2 N–H and O–H groups in total. The zero-order chi connectivity index (χ0) is 28.4. The fourth-order valence-electron chi connectivity index (χ4n) is 3.80. The maximum atomic E-state index is 13.3. The van der Waals surface area contributed by atoms with Gasteiger partial charge in [-0.2, -0.15) is 0 Å². The lowest BCUT2D eigenvalue weighted by molar-refractivity contribution is -0.158. The summed E-state index contributed by atoms with van der Waals surface area (Å²) in [5.74, 6) is -0.838. The largest absolute Gasteiger partial charge is 0.489 e. The van der Waals surface area contributed by atoms with Crippen LogP contribution in [0.1, 0.15) is 62.7 Å². The van der Waals surface area contributed by atoms with E-state index in [0.717, 1.165) is 11.1 Å². The van der Waals surface area contributed by atoms with E-state index in [1.165, 1.54) is 12.3 Å². The Bertz CT molecular complexity index is 1200. The van der Waals surface area contributed by atoms with Crippen molar-refractivity contribution in [1.29, 1.82) is 0 Å². The lowest BCUT2D eigenvalue weighted by Crippen LogP contribution is -2.53. The highest BCUT2D eigenvalue weighted by Gasteiger charge is 2.31. The molecule has 2 aromatic carbocycles. The van der Waals surface area contributed by atoms with E-state index in [0.29, 0.717) is 18.8 Å². The van der Waals surface area contributed by atoms with Crippen LogP contribution < -0.4 is 15.4 Å². The van der Waals surface area contributed by atoms with Crippen molar-refractivity contribution in [3.05, 3.63) is 83.7 Å². The van der Waals surface area contributed by atoms with Crippen LogP contribution in [0.3, 0.4) is 0 Å². The van der Waals surface area contributed by atoms with E-state index in [1.54, 1.807) is 20.8 Å². The van der Waals surface area contributed by atoms with Crippen LogP contribution in [0.2, 0.25) is 0 Å². The van der Waals surface area contributed by atoms with Crippen molar-refractivity contribution in [2.75, 3.05) is 0 Å². The van der Waals surface area contributed by atoms with Gasteiger partial charge < -0.3 is 24.6 Å². The average Bonchev–Trinajstić information content (AvgIpc) is 3.42. The van der Waals surface area contributed by atoms with Crippen LogP contribution >= 0.6 is 0 Å². The molecule has 39 heavy (non-hydrogen) atoms. The van der Waals surface area contributed by atoms with Gasteiger partial charge in [-0.25, -0.2) is 4.79 Å². The van der Waals surface area contributed by atoms with Crippen LogP contribution in [0.5, 0.6) is 5.75 Å². The molecule has 3 aromatic rings. The van der Waals surface area contributed by atoms with Gasteiger partial charge in [0.05, 0.1) is 6.20 Å². The molecule has 9 heteroatoms. The number of aromatic nitrogens is 1. The van der Waals surface area contributed by atoms with Crippen LogP contribution in [-0.4, -0.2) is 40.6 Å². The third-order valence-electron chi connectivity index (χ3n) is 5.61. The molecule has 0 saturated carbocycles. The minimum atomic E-state index is -0.968. The molecule has 0 saturated heterocycles. The maximum Gasteiger partial charge on any atom is 0.329 e. The van der Waals surface area contributed by atoms with Gasteiger partial charge in [-0.3, -0.25) is 9.59 Å². The van der Waals surface area contributed by atoms with Crippen LogP contribution in [0.15, 0.2) is 71.4 Å². The van der Waals surface area contributed by atoms with Gasteiger partial charge in [-0.05, 0) is 56.4 Å². The molecule has 2 atom stereocenters. The second-order valence-corrected chi connectivity index (χ2v) is 10.7. The van der Waals surface area contributed by atoms with Gasteiger partial charge in [0, 0.05) is 12.5 Å². The predicted molar refractivity (Wildman–Crippen MR) is 146 cm³/mol. The highest BCUT2D eigenvalue weighted by Crippen LogP contribution is 2.17. The Kier molecular flexibility index (Phi) is 10.3. The Balaban J connectivity index is 1.71. The molecular weight excluding hydrogens is 498 g/mol. The van der Waals surface area contributed by atoms with Crippen molar-refractivity contribution in [2.45, 2.75) is 71.8 Å². The Morgan fingerprint density at radius 2 is 1.59 bits per heavy atom. The zero-order valence-corrected chi connectivity index (χ0v) is 23.1. The summed E-state index contributed by atoms with van der Waals surface area (Å²) in [5, 5.41) is 9.02. The molecule has 0 spiro atoms. The summed E-state index contributed by atoms with van der Waals surface area (Å²) in [6.45, 7) is 9.61. The molecule has 0 unspecified atom stereocenters. The molecule has 0 aliphatic carbocycles. The average molecular weight is 536 g/mol. The van der Waals surface area contributed by atoms with Gasteiger partial charge in [0.1, 0.15) is 30.0 Å². The van der Waals surface area contributed by atoms with Gasteiger partial charge >= 0.3 is 5.97 Å². The van der Waals surface area contributed by atoms with Gasteiger partial charge in [0.25, 0.3) is 5.91 Å². The topological polar surface area (TPSA) is 120 Å². The molecule has 9 nitrogen and oxygen atoms in total. The second kappa shape index (κ2) is 13.6. The maximum absolute atomic E-state index is 13.3. The van der Waals surface area contributed by atoms with Gasteiger partial charge in [-0.15, -0.1) is 0 Å². The van der Waals surface area contributed by atoms with E-state index in [-0.39, 0.29) is 18.1 Å². The van der Waals surface area contributed by atoms with E-state index < -0.39 is 35.5 Å². The van der Waals surface area contributed by atoms with Crippen molar-refractivity contribution >= 4 is 17.8 Å². The molecule has 0 fully saturated rings. The highest BCUT2D eigenvalue weighted by molar-refractivity contribution is 5.96. The standard InChI is InChI=1S/C30H37N3O6/c1-20(2)17-24(32-28(35)26-15-16-31-39-26)27(34)33-25(29(36)38-30(3,4)5)18-21-11-13-23(14-12-21)37-19-22-9-7-6-8-10-22/h6-16,20,24-25H,17-19H2,1-5H3,(H,32,35)(H,33,34)/t24-,25-/m0/s1. The first kappa shape index (κ1) is 29.4. The summed E-state index contributed by atoms with van der Waals surface area (Å²) in [6, 6.07) is 16.7. The number of hydrogen-bond donors (Lipinski definition) is 2. The number of esters is 1. The number of hydrogen-bond acceptors (Lipinski definition) is 7. The zero-order valence-electron chi connectivity index (χ0n) is 23.1. The number of carbonyl (C=O) groups excluding carboxylic acids is 3. The van der Waals surface area contributed by atoms with Crippen LogP contribution in [0.4, 0.5) is 0 Å². The normalized spacial score (nSPS) is 12.9. The third-order valence-corrected chi connectivity index (χ3v) is 5.61. The fourth-order valence-corrected chi connectivity index (χ4v) is 3.80. The Morgan fingerprint density at radius 3 is 2.18 bits per heavy atom. The molecule has 208 valence electrons. The van der Waals surface area contributed by atoms with Crippen molar-refractivity contribution < 1.29 is 28.4 Å². The molecule has 3 rings (SSSR count). The van der Waals surface area contributed by atoms with Crippen molar-refractivity contribution in [3.63, 3.8) is 0 Å². The molecule has 1 heterocycles. The van der Waals surface area contributed by atoms with Crippen molar-refractivity contribution in [2.24, 2.45) is 5.92 Å². The smallest absolute Gasteiger partial charge is 0.329 e. The molecule has 2 amide bonds. The number of ether oxygens (including phenoxy) is 2. The first-order valence-electron chi connectivity index (χ1n) is 13.0. The minimum absolute atomic E-state index is 0.00479. The second-order valence-electron chi connectivity index (χ2n) is 10.7. The Hall–Kier alpha value is -4.14. The SMILES string of the molecule is CC(C)C[C@H](NC(=O)c1ccno1)C(=O)N[C@@H](Cc1ccc(OCc2ccccc2)cc1)C(=O)OC(C)(C)C. The number of benzene rings is 2. The lowest BCUT2D eigenvalue weighted by atomic mass is 10.0. The first-order chi connectivity index (χ1) is 18.5. The monoisotopic (exact) mass is 535 g/mol. The van der Waals surface area contributed by atoms with Crippen LogP contribution in [-0.2, 0) is 27.4 Å². The first-order valence-corrected chi connectivity index (χ1v) is 13.0. The summed E-state index contributed by atoms with van der Waals surface area (Å²) in [7, 11) is 0. The van der Waals surface area contributed by atoms with E-state index in [4.69, 9.17) is 14.0 Å². The minimum Gasteiger partial charge on any atom is -0.489 e. The van der Waals surface area contributed by atoms with E-state index in [2.05, 4.69) is 15.8 Å². The van der Waals surface area contributed by atoms with Crippen molar-refractivity contribution in [3.8, 4) is 5.75 Å². The highest BCUT2D eigenvalue weighted by atomic mass is 16.6. The molecular formula is C30H37N3O6. The number of nitrogens with one attached hydrogen (secondary N) is 2. The van der Waals surface area contributed by atoms with Crippen LogP contribution in [0.25, 0.3) is 0 Å². The van der Waals surface area contributed by atoms with E-state index in [1.807, 2.05) is 68.4 Å². The molecule has 0 bridgehead atoms. The van der Waals surface area contributed by atoms with Gasteiger partial charge in [0.15, 0.2) is 0 Å². The number of carbonyl (C=O) groups is 3. The van der Waals surface area contributed by atoms with Crippen LogP contribution in [0, 0.1) is 5.92 Å². The van der Waals surface area contributed by atoms with Crippen molar-refractivity contribution in [1.82, 2.24) is 15.8 Å². The number of nitrogens with zero attached hydrogens (tertiary/aromatic N) is 1. The lowest BCUT2D eigenvalue weighted by Gasteiger charge is -2.27. The Labute approximate surface area is 229 Å². The molecule has 0 aliphatic heterocycles. The summed E-state index contributed by atoms with van der Waals surface area (Å²) in [6.07, 6.45) is 1.91. The molecule has 1 aromatic heterocycles. The summed E-state index contributed by atoms with van der Waals surface area (Å²) in [5.41, 5.74) is 1.12. The van der Waals surface area contributed by atoms with Gasteiger partial charge in [0.2, 0.25) is 11.7 Å². The van der Waals surface area contributed by atoms with E-state index in [9.17, 15) is 14.4 Å². The summed E-state index contributed by atoms with van der Waals surface area (Å²) >= 11 is 0. The summed E-state index contributed by atoms with van der Waals surface area (Å²) < 4.78 is 16.4. The van der Waals surface area contributed by atoms with E-state index >= 15 is 0 Å². The third kappa shape index (κ3) is 9.92. The number of amides is 2. The van der Waals surface area contributed by atoms with Gasteiger partial charge in [-0.1, -0.05) is 61.5 Å². The molecule has 0 aliphatic rings. The Morgan fingerprint density at radius 1 is 0.897 bits per heavy atom. The quantitative estimate of drug-likeness (QED) is 0.329. The summed E-state index contributed by atoms with van der Waals surface area (Å²) in [4.78, 5) is 39.0. The molecule has 0 radical (unpaired) electrons.